The third-order valence-corrected chi connectivity index (χ3v) is 6.74. The van der Waals surface area contributed by atoms with Gasteiger partial charge in [-0.25, -0.2) is 19.0 Å². The molecule has 170 valence electrons. The third kappa shape index (κ3) is 5.13. The Bertz CT molecular complexity index is 1260. The van der Waals surface area contributed by atoms with Gasteiger partial charge in [-0.1, -0.05) is 18.2 Å². The first-order chi connectivity index (χ1) is 15.8. The summed E-state index contributed by atoms with van der Waals surface area (Å²) in [4.78, 5) is 12.6. The van der Waals surface area contributed by atoms with Crippen LogP contribution in [-0.2, 0) is 10.0 Å². The van der Waals surface area contributed by atoms with Gasteiger partial charge in [-0.2, -0.15) is 0 Å². The monoisotopic (exact) mass is 464 g/mol. The second-order valence-corrected chi connectivity index (χ2v) is 9.87. The van der Waals surface area contributed by atoms with Crippen LogP contribution in [0.4, 0.5) is 17.1 Å². The van der Waals surface area contributed by atoms with E-state index < -0.39 is 15.3 Å². The quantitative estimate of drug-likeness (QED) is 0.427. The first-order valence-corrected chi connectivity index (χ1v) is 11.8. The number of amides is 1. The number of rotatable bonds is 7. The molecule has 0 saturated heterocycles. The van der Waals surface area contributed by atoms with Crippen molar-refractivity contribution in [3.05, 3.63) is 90.0 Å². The molecule has 1 heterocycles. The molecule has 9 nitrogen and oxygen atoms in total. The maximum atomic E-state index is 12.6. The summed E-state index contributed by atoms with van der Waals surface area (Å²) >= 11 is 0. The van der Waals surface area contributed by atoms with E-state index >= 15 is 0 Å². The van der Waals surface area contributed by atoms with Crippen molar-refractivity contribution in [2.45, 2.75) is 19.1 Å². The number of para-hydroxylation sites is 1. The van der Waals surface area contributed by atoms with Crippen molar-refractivity contribution in [2.75, 3.05) is 15.0 Å². The number of hydrazine groups is 2. The number of hydrogen-bond acceptors (Lipinski definition) is 7. The first-order valence-electron chi connectivity index (χ1n) is 10.3. The minimum absolute atomic E-state index is 0.298. The van der Waals surface area contributed by atoms with Crippen LogP contribution in [0.5, 0.6) is 0 Å². The van der Waals surface area contributed by atoms with Gasteiger partial charge >= 0.3 is 0 Å². The van der Waals surface area contributed by atoms with Crippen molar-refractivity contribution in [2.24, 2.45) is 5.10 Å². The molecule has 0 fully saturated rings. The van der Waals surface area contributed by atoms with Gasteiger partial charge in [0.2, 0.25) is 10.0 Å². The lowest BCUT2D eigenvalue weighted by atomic mass is 10.1. The third-order valence-electron chi connectivity index (χ3n) is 4.98. The molecule has 33 heavy (non-hydrogen) atoms. The first kappa shape index (κ1) is 22.3. The topological polar surface area (TPSA) is 115 Å². The van der Waals surface area contributed by atoms with Crippen molar-refractivity contribution in [3.8, 4) is 0 Å². The Balaban J connectivity index is 1.41. The van der Waals surface area contributed by atoms with Crippen LogP contribution in [0.25, 0.3) is 0 Å². The zero-order valence-electron chi connectivity index (χ0n) is 18.1. The van der Waals surface area contributed by atoms with Gasteiger partial charge in [0.1, 0.15) is 0 Å². The summed E-state index contributed by atoms with van der Waals surface area (Å²) in [5.74, 6) is 0.395. The summed E-state index contributed by atoms with van der Waals surface area (Å²) in [6.45, 7) is 3.20. The number of amidine groups is 1. The minimum atomic E-state index is -3.44. The lowest BCUT2D eigenvalue weighted by molar-refractivity contribution is 0.102. The molecule has 3 aromatic carbocycles. The molecule has 0 radical (unpaired) electrons. The SMILES string of the molecule is CC(C)S(=O)(=O)Nc1ccc(C(=O)Nc2ccc(C3=NNNN3c3ccccc3)cc2)cc1. The van der Waals surface area contributed by atoms with Crippen molar-refractivity contribution >= 4 is 38.8 Å². The molecule has 0 aliphatic carbocycles. The summed E-state index contributed by atoms with van der Waals surface area (Å²) in [6.07, 6.45) is 0. The summed E-state index contributed by atoms with van der Waals surface area (Å²) in [5.41, 5.74) is 8.98. The van der Waals surface area contributed by atoms with Crippen molar-refractivity contribution in [1.82, 2.24) is 11.1 Å². The second kappa shape index (κ2) is 9.31. The van der Waals surface area contributed by atoms with Crippen LogP contribution in [0.1, 0.15) is 29.8 Å². The number of nitrogens with one attached hydrogen (secondary N) is 4. The van der Waals surface area contributed by atoms with Crippen LogP contribution in [-0.4, -0.2) is 25.4 Å². The van der Waals surface area contributed by atoms with Crippen molar-refractivity contribution < 1.29 is 13.2 Å². The van der Waals surface area contributed by atoms with Gasteiger partial charge in [0.05, 0.1) is 10.9 Å². The fourth-order valence-corrected chi connectivity index (χ4v) is 3.77. The van der Waals surface area contributed by atoms with E-state index in [1.807, 2.05) is 47.5 Å². The second-order valence-electron chi connectivity index (χ2n) is 7.63. The Hall–Kier alpha value is -3.89. The zero-order valence-corrected chi connectivity index (χ0v) is 18.9. The highest BCUT2D eigenvalue weighted by molar-refractivity contribution is 7.93. The fraction of sp³-hybridized carbons (Fsp3) is 0.130. The summed E-state index contributed by atoms with van der Waals surface area (Å²) in [7, 11) is -3.44. The molecule has 0 saturated carbocycles. The molecule has 4 rings (SSSR count). The van der Waals surface area contributed by atoms with Crippen LogP contribution < -0.4 is 26.1 Å². The van der Waals surface area contributed by atoms with E-state index in [2.05, 4.69) is 26.2 Å². The Morgan fingerprint density at radius 2 is 1.55 bits per heavy atom. The Morgan fingerprint density at radius 1 is 0.909 bits per heavy atom. The van der Waals surface area contributed by atoms with Gasteiger partial charge in [0.25, 0.3) is 5.91 Å². The van der Waals surface area contributed by atoms with Crippen molar-refractivity contribution in [1.29, 1.82) is 0 Å². The number of anilines is 3. The highest BCUT2D eigenvalue weighted by Gasteiger charge is 2.20. The minimum Gasteiger partial charge on any atom is -0.322 e. The van der Waals surface area contributed by atoms with E-state index in [-0.39, 0.29) is 5.91 Å². The molecule has 0 aromatic heterocycles. The smallest absolute Gasteiger partial charge is 0.255 e. The molecular weight excluding hydrogens is 440 g/mol. The number of benzene rings is 3. The Labute approximate surface area is 192 Å². The Kier molecular flexibility index (Phi) is 6.29. The van der Waals surface area contributed by atoms with Crippen LogP contribution in [0, 0.1) is 0 Å². The molecule has 0 unspecified atom stereocenters. The zero-order chi connectivity index (χ0) is 23.4. The van der Waals surface area contributed by atoms with E-state index in [0.717, 1.165) is 11.3 Å². The molecule has 1 amide bonds. The number of carbonyl (C=O) groups is 1. The maximum Gasteiger partial charge on any atom is 0.255 e. The van der Waals surface area contributed by atoms with E-state index in [9.17, 15) is 13.2 Å². The predicted octanol–water partition coefficient (Wildman–Crippen LogP) is 3.28. The number of carbonyl (C=O) groups excluding carboxylic acids is 1. The Morgan fingerprint density at radius 3 is 2.18 bits per heavy atom. The normalized spacial score (nSPS) is 13.4. The molecule has 3 aromatic rings. The summed E-state index contributed by atoms with van der Waals surface area (Å²) in [5, 5.41) is 8.41. The van der Waals surface area contributed by atoms with Gasteiger partial charge in [-0.05, 0) is 74.5 Å². The van der Waals surface area contributed by atoms with Crippen LogP contribution in [0.3, 0.4) is 0 Å². The van der Waals surface area contributed by atoms with Crippen LogP contribution in [0.2, 0.25) is 0 Å². The van der Waals surface area contributed by atoms with Crippen LogP contribution in [0.15, 0.2) is 84.0 Å². The van der Waals surface area contributed by atoms with Crippen LogP contribution >= 0.6 is 0 Å². The number of hydrogen-bond donors (Lipinski definition) is 4. The summed E-state index contributed by atoms with van der Waals surface area (Å²) < 4.78 is 26.4. The number of hydrazone groups is 1. The molecule has 0 atom stereocenters. The molecule has 10 heteroatoms. The van der Waals surface area contributed by atoms with Gasteiger partial charge < -0.3 is 5.32 Å². The van der Waals surface area contributed by atoms with Gasteiger partial charge in [0.15, 0.2) is 5.84 Å². The van der Waals surface area contributed by atoms with Gasteiger partial charge in [-0.15, -0.1) is 10.6 Å². The molecule has 1 aliphatic rings. The van der Waals surface area contributed by atoms with E-state index in [1.54, 1.807) is 50.2 Å². The van der Waals surface area contributed by atoms with Gasteiger partial charge in [0, 0.05) is 22.5 Å². The van der Waals surface area contributed by atoms with Gasteiger partial charge in [-0.3, -0.25) is 9.52 Å². The standard InChI is InChI=1S/C23H24N6O3S/c1-16(2)33(31,32)26-20-14-10-18(11-15-20)23(30)24-19-12-8-17(9-13-19)22-25-27-28-29(22)21-6-4-3-5-7-21/h3-16,26-28H,1-2H3,(H,24,30). The molecule has 0 spiro atoms. The van der Waals surface area contributed by atoms with E-state index in [0.29, 0.717) is 22.8 Å². The maximum absolute atomic E-state index is 12.6. The molecular formula is C23H24N6O3S. The number of sulfonamides is 1. The average Bonchev–Trinajstić information content (AvgIpc) is 3.30. The van der Waals surface area contributed by atoms with E-state index in [4.69, 9.17) is 0 Å². The lowest BCUT2D eigenvalue weighted by Crippen LogP contribution is -2.41. The highest BCUT2D eigenvalue weighted by Crippen LogP contribution is 2.19. The molecule has 4 N–H and O–H groups in total. The average molecular weight is 465 g/mol. The largest absolute Gasteiger partial charge is 0.322 e. The van der Waals surface area contributed by atoms with E-state index in [1.165, 1.54) is 0 Å². The predicted molar refractivity (Wildman–Crippen MR) is 130 cm³/mol. The molecule has 1 aliphatic heterocycles. The highest BCUT2D eigenvalue weighted by atomic mass is 32.2. The fourth-order valence-electron chi connectivity index (χ4n) is 3.07. The lowest BCUT2D eigenvalue weighted by Gasteiger charge is -2.19. The van der Waals surface area contributed by atoms with Crippen molar-refractivity contribution in [3.63, 3.8) is 0 Å². The number of nitrogens with zero attached hydrogens (tertiary/aromatic N) is 2. The summed E-state index contributed by atoms with van der Waals surface area (Å²) in [6, 6.07) is 23.3. The molecule has 0 bridgehead atoms.